The highest BCUT2D eigenvalue weighted by molar-refractivity contribution is 5.71. The van der Waals surface area contributed by atoms with Gasteiger partial charge in [0, 0.05) is 12.8 Å². The maximum absolute atomic E-state index is 12.9. The van der Waals surface area contributed by atoms with Gasteiger partial charge in [-0.1, -0.05) is 291 Å². The van der Waals surface area contributed by atoms with Crippen LogP contribution in [0.25, 0.3) is 0 Å². The molecule has 2 unspecified atom stereocenters. The summed E-state index contributed by atoms with van der Waals surface area (Å²) in [6, 6.07) is 0. The number of likely N-dealkylation sites (N-methyl/N-ethyl adjacent to an activating group) is 1. The highest BCUT2D eigenvalue weighted by Crippen LogP contribution is 2.15. The number of unbranched alkanes of at least 4 members (excludes halogenated alkanes) is 15. The summed E-state index contributed by atoms with van der Waals surface area (Å²) in [4.78, 5) is 37.6. The number of rotatable bonds is 64. The van der Waals surface area contributed by atoms with E-state index in [2.05, 4.69) is 220 Å². The summed E-state index contributed by atoms with van der Waals surface area (Å²) in [5.41, 5.74) is 0. The lowest BCUT2D eigenvalue weighted by Crippen LogP contribution is -2.40. The quantitative estimate of drug-likeness (QED) is 0.0211. The first-order chi connectivity index (χ1) is 45.6. The second kappa shape index (κ2) is 71.7. The molecule has 9 heteroatoms. The molecule has 0 aromatic heterocycles. The molecule has 0 spiro atoms. The first kappa shape index (κ1) is 86.9. The summed E-state index contributed by atoms with van der Waals surface area (Å²) in [5, 5.41) is 9.75. The lowest BCUT2D eigenvalue weighted by Gasteiger charge is -2.25. The van der Waals surface area contributed by atoms with Crippen LogP contribution in [0.5, 0.6) is 0 Å². The molecular formula is C84H132NO8+. The molecule has 0 rings (SSSR count). The minimum Gasteiger partial charge on any atom is -0.477 e. The predicted molar refractivity (Wildman–Crippen MR) is 400 cm³/mol. The van der Waals surface area contributed by atoms with Gasteiger partial charge in [0.2, 0.25) is 0 Å². The molecule has 0 aliphatic carbocycles. The fraction of sp³-hybridized carbons (Fsp3) is 0.560. The van der Waals surface area contributed by atoms with Crippen molar-refractivity contribution in [3.05, 3.63) is 207 Å². The van der Waals surface area contributed by atoms with Crippen LogP contribution in [0, 0.1) is 0 Å². The first-order valence-corrected chi connectivity index (χ1v) is 36.2. The standard InChI is InChI=1S/C84H131NO8/c1-6-8-10-12-14-16-18-20-22-24-26-28-30-32-34-36-38-40-41-43-44-46-48-50-52-54-56-58-60-62-64-66-68-70-72-74-81(86)91-78-80(79-92-84(83(88)89)90-77-76-85(3,4)5)93-82(87)75-73-71-69-67-65-63-61-59-57-55-53-51-49-47-45-42-39-37-35-33-31-29-27-25-23-21-19-17-15-13-11-9-7-2/h8-11,14-17,20-23,26-29,32-35,38-40,42-44,47,49,53,55,59,61,65,67,80,84H,6-7,12-13,18-19,24-25,30-31,36-37,41,45-46,48,50-52,54,56-58,60,62-64,66,68-79H2,1-5H3/p+1/b10-8-,11-9-,16-14-,17-15-,22-20-,23-21-,28-26-,29-27-,34-32-,35-33-,40-38-,42-39-,44-43-,49-47-,55-53-,61-59-,67-65-. The van der Waals surface area contributed by atoms with Crippen LogP contribution in [-0.4, -0.2) is 87.4 Å². The van der Waals surface area contributed by atoms with E-state index in [0.717, 1.165) is 141 Å². The second-order valence-electron chi connectivity index (χ2n) is 24.4. The van der Waals surface area contributed by atoms with Crippen molar-refractivity contribution in [2.45, 2.75) is 257 Å². The van der Waals surface area contributed by atoms with E-state index in [9.17, 15) is 19.5 Å². The minimum atomic E-state index is -1.54. The molecule has 0 saturated heterocycles. The number of carbonyl (C=O) groups is 3. The molecule has 0 radical (unpaired) electrons. The molecule has 2 atom stereocenters. The molecule has 1 N–H and O–H groups in total. The normalized spacial score (nSPS) is 13.9. The summed E-state index contributed by atoms with van der Waals surface area (Å²) in [5.74, 6) is -2.09. The molecule has 0 aromatic rings. The topological polar surface area (TPSA) is 108 Å². The van der Waals surface area contributed by atoms with Crippen molar-refractivity contribution >= 4 is 17.9 Å². The Morgan fingerprint density at radius 3 is 0.882 bits per heavy atom. The Hall–Kier alpha value is -6.13. The molecule has 0 amide bonds. The number of allylic oxidation sites excluding steroid dienone is 34. The fourth-order valence-electron chi connectivity index (χ4n) is 9.08. The van der Waals surface area contributed by atoms with Crippen LogP contribution < -0.4 is 0 Å². The maximum atomic E-state index is 12.9. The number of ether oxygens (including phenoxy) is 4. The third-order valence-electron chi connectivity index (χ3n) is 14.5. The SMILES string of the molecule is CC/C=C\C/C=C\C/C=C\C/C=C\C/C=C\C/C=C\C/C=C\C/C=C\C/C=C\C/C=C\CCCCC(=O)OC(COC(=O)CCCCCCCCCCCCCCC/C=C\C/C=C\C/C=C\C/C=C\C/C=C\C/C=C\C/C=C\CC)COC(OCC[N+](C)(C)C)C(=O)O. The van der Waals surface area contributed by atoms with Gasteiger partial charge in [0.1, 0.15) is 13.2 Å². The van der Waals surface area contributed by atoms with E-state index >= 15 is 0 Å². The monoisotopic (exact) mass is 1280 g/mol. The summed E-state index contributed by atoms with van der Waals surface area (Å²) >= 11 is 0. The van der Waals surface area contributed by atoms with Gasteiger partial charge in [0.25, 0.3) is 6.29 Å². The maximum Gasteiger partial charge on any atom is 0.361 e. The third kappa shape index (κ3) is 73.1. The zero-order valence-corrected chi connectivity index (χ0v) is 59.3. The van der Waals surface area contributed by atoms with Gasteiger partial charge >= 0.3 is 17.9 Å². The van der Waals surface area contributed by atoms with Gasteiger partial charge in [0.15, 0.2) is 6.10 Å². The van der Waals surface area contributed by atoms with Crippen molar-refractivity contribution in [3.63, 3.8) is 0 Å². The molecule has 520 valence electrons. The van der Waals surface area contributed by atoms with E-state index < -0.39 is 24.3 Å². The number of hydrogen-bond donors (Lipinski definition) is 1. The lowest BCUT2D eigenvalue weighted by atomic mass is 10.0. The molecule has 0 aliphatic heterocycles. The Labute approximate surface area is 569 Å². The van der Waals surface area contributed by atoms with Crippen LogP contribution in [0.4, 0.5) is 0 Å². The van der Waals surface area contributed by atoms with Gasteiger partial charge in [-0.25, -0.2) is 4.79 Å². The molecule has 9 nitrogen and oxygen atoms in total. The summed E-state index contributed by atoms with van der Waals surface area (Å²) < 4.78 is 22.9. The number of carbonyl (C=O) groups excluding carboxylic acids is 2. The zero-order valence-electron chi connectivity index (χ0n) is 59.3. The van der Waals surface area contributed by atoms with E-state index in [-0.39, 0.29) is 38.6 Å². The first-order valence-electron chi connectivity index (χ1n) is 36.2. The largest absolute Gasteiger partial charge is 0.477 e. The van der Waals surface area contributed by atoms with Crippen molar-refractivity contribution in [2.24, 2.45) is 0 Å². The van der Waals surface area contributed by atoms with Crippen LogP contribution in [0.3, 0.4) is 0 Å². The third-order valence-corrected chi connectivity index (χ3v) is 14.5. The number of esters is 2. The van der Waals surface area contributed by atoms with Crippen LogP contribution in [0.1, 0.15) is 245 Å². The van der Waals surface area contributed by atoms with Crippen LogP contribution in [0.15, 0.2) is 207 Å². The van der Waals surface area contributed by atoms with Gasteiger partial charge < -0.3 is 28.5 Å². The van der Waals surface area contributed by atoms with Gasteiger partial charge in [-0.05, 0) is 148 Å². The van der Waals surface area contributed by atoms with Crippen molar-refractivity contribution < 1.29 is 42.9 Å². The number of hydrogen-bond acceptors (Lipinski definition) is 7. The molecular weight excluding hydrogens is 1150 g/mol. The van der Waals surface area contributed by atoms with Crippen LogP contribution in [-0.2, 0) is 33.3 Å². The van der Waals surface area contributed by atoms with E-state index in [4.69, 9.17) is 18.9 Å². The predicted octanol–water partition coefficient (Wildman–Crippen LogP) is 23.1. The minimum absolute atomic E-state index is 0.168. The molecule has 0 bridgehead atoms. The number of quaternary nitrogens is 1. The van der Waals surface area contributed by atoms with Gasteiger partial charge in [0.05, 0.1) is 34.4 Å². The average molecular weight is 1280 g/mol. The Kier molecular flexibility index (Phi) is 67.0. The van der Waals surface area contributed by atoms with E-state index in [1.807, 2.05) is 21.1 Å². The average Bonchev–Trinajstić information content (AvgIpc) is 3.74. The Bertz CT molecular complexity index is 2280. The number of aliphatic carboxylic acids is 1. The zero-order chi connectivity index (χ0) is 67.5. The summed E-state index contributed by atoms with van der Waals surface area (Å²) in [6.45, 7) is 4.57. The van der Waals surface area contributed by atoms with Gasteiger partial charge in [-0.3, -0.25) is 9.59 Å². The smallest absolute Gasteiger partial charge is 0.361 e. The Morgan fingerprint density at radius 2 is 0.581 bits per heavy atom. The van der Waals surface area contributed by atoms with Crippen molar-refractivity contribution in [1.82, 2.24) is 0 Å². The number of carboxylic acid groups (broad SMARTS) is 1. The van der Waals surface area contributed by atoms with Crippen LogP contribution >= 0.6 is 0 Å². The summed E-state index contributed by atoms with van der Waals surface area (Å²) in [6.07, 6.45) is 109. The van der Waals surface area contributed by atoms with Crippen molar-refractivity contribution in [1.29, 1.82) is 0 Å². The van der Waals surface area contributed by atoms with E-state index in [1.165, 1.54) is 70.6 Å². The second-order valence-corrected chi connectivity index (χ2v) is 24.4. The van der Waals surface area contributed by atoms with Crippen molar-refractivity contribution in [2.75, 3.05) is 47.5 Å². The lowest BCUT2D eigenvalue weighted by molar-refractivity contribution is -0.870. The highest BCUT2D eigenvalue weighted by Gasteiger charge is 2.25. The molecule has 0 aliphatic rings. The molecule has 0 aromatic carbocycles. The molecule has 0 heterocycles. The number of nitrogens with zero attached hydrogens (tertiary/aromatic N) is 1. The molecule has 93 heavy (non-hydrogen) atoms. The number of carboxylic acids is 1. The summed E-state index contributed by atoms with van der Waals surface area (Å²) in [7, 11) is 5.95. The Balaban J connectivity index is 4.25. The molecule has 0 fully saturated rings. The highest BCUT2D eigenvalue weighted by atomic mass is 16.7. The van der Waals surface area contributed by atoms with E-state index in [1.54, 1.807) is 0 Å². The van der Waals surface area contributed by atoms with Crippen LogP contribution in [0.2, 0.25) is 0 Å². The van der Waals surface area contributed by atoms with Crippen molar-refractivity contribution in [3.8, 4) is 0 Å². The Morgan fingerprint density at radius 1 is 0.323 bits per heavy atom. The fourth-order valence-corrected chi connectivity index (χ4v) is 9.08. The molecule has 0 saturated carbocycles. The van der Waals surface area contributed by atoms with Gasteiger partial charge in [-0.15, -0.1) is 0 Å². The van der Waals surface area contributed by atoms with E-state index in [0.29, 0.717) is 17.4 Å². The van der Waals surface area contributed by atoms with Gasteiger partial charge in [-0.2, -0.15) is 0 Å².